The van der Waals surface area contributed by atoms with Gasteiger partial charge < -0.3 is 9.97 Å². The molecule has 2 aromatic heterocycles. The van der Waals surface area contributed by atoms with Gasteiger partial charge >= 0.3 is 0 Å². The molecule has 0 amide bonds. The summed E-state index contributed by atoms with van der Waals surface area (Å²) in [6.07, 6.45) is 1.86. The molecular weight excluding hydrogens is 412 g/mol. The molecule has 0 aliphatic rings. The van der Waals surface area contributed by atoms with Crippen LogP contribution < -0.4 is 0 Å². The fourth-order valence-corrected chi connectivity index (χ4v) is 1.93. The quantitative estimate of drug-likeness (QED) is 0.641. The molecule has 2 heterocycles. The van der Waals surface area contributed by atoms with Gasteiger partial charge in [-0.3, -0.25) is 0 Å². The second kappa shape index (κ2) is 5.94. The summed E-state index contributed by atoms with van der Waals surface area (Å²) in [6, 6.07) is 9.39. The monoisotopic (exact) mass is 432 g/mol. The largest absolute Gasteiger partial charge is 0.354 e. The van der Waals surface area contributed by atoms with Crippen molar-refractivity contribution in [1.29, 1.82) is 0 Å². The van der Waals surface area contributed by atoms with Gasteiger partial charge in [-0.25, -0.2) is 0 Å². The molecule has 0 N–H and O–H groups in total. The van der Waals surface area contributed by atoms with E-state index in [-0.39, 0.29) is 25.5 Å². The van der Waals surface area contributed by atoms with Gasteiger partial charge in [0.1, 0.15) is 0 Å². The molecule has 0 aromatic carbocycles. The van der Waals surface area contributed by atoms with E-state index >= 15 is 0 Å². The van der Waals surface area contributed by atoms with Gasteiger partial charge in [-0.15, -0.1) is 17.7 Å². The number of rotatable bonds is 1. The number of aryl methyl sites for hydroxylation is 2. The van der Waals surface area contributed by atoms with E-state index in [0.717, 1.165) is 22.6 Å². The van der Waals surface area contributed by atoms with Crippen LogP contribution in [0.25, 0.3) is 11.3 Å². The second-order valence-corrected chi connectivity index (χ2v) is 5.68. The second-order valence-electron chi connectivity index (χ2n) is 5.68. The Balaban J connectivity index is 0.00000180. The topological polar surface area (TPSA) is 25.8 Å². The summed E-state index contributed by atoms with van der Waals surface area (Å²) >= 11 is 0. The van der Waals surface area contributed by atoms with Gasteiger partial charge in [-0.05, 0) is 34.1 Å². The standard InChI is InChI=1S/C16H19N2.Ir/c1-11-6-7-14(12(2)18-11)15-10-13(8-9-17-15)16(3,4)5;/h6,8-10H,1-5H3;/q-1;. The van der Waals surface area contributed by atoms with Crippen LogP contribution in [0, 0.1) is 19.9 Å². The summed E-state index contributed by atoms with van der Waals surface area (Å²) in [5, 5.41) is 0. The molecule has 103 valence electrons. The first-order valence-corrected chi connectivity index (χ1v) is 6.21. The van der Waals surface area contributed by atoms with E-state index in [4.69, 9.17) is 0 Å². The van der Waals surface area contributed by atoms with Crippen molar-refractivity contribution in [3.05, 3.63) is 47.4 Å². The maximum atomic E-state index is 4.47. The van der Waals surface area contributed by atoms with E-state index in [0.29, 0.717) is 0 Å². The predicted octanol–water partition coefficient (Wildman–Crippen LogP) is 3.86. The van der Waals surface area contributed by atoms with Crippen LogP contribution in [0.2, 0.25) is 0 Å². The fraction of sp³-hybridized carbons (Fsp3) is 0.375. The maximum Gasteiger partial charge on any atom is 0.0163 e. The van der Waals surface area contributed by atoms with Crippen LogP contribution in [-0.4, -0.2) is 9.97 Å². The average Bonchev–Trinajstić information content (AvgIpc) is 2.28. The Labute approximate surface area is 129 Å². The molecule has 0 saturated heterocycles. The predicted molar refractivity (Wildman–Crippen MR) is 74.5 cm³/mol. The van der Waals surface area contributed by atoms with Crippen LogP contribution in [0.1, 0.15) is 37.7 Å². The molecule has 1 radical (unpaired) electrons. The number of nitrogens with zero attached hydrogens (tertiary/aromatic N) is 2. The fourth-order valence-electron chi connectivity index (χ4n) is 1.93. The first-order valence-electron chi connectivity index (χ1n) is 6.21. The molecule has 0 bridgehead atoms. The molecule has 0 atom stereocenters. The summed E-state index contributed by atoms with van der Waals surface area (Å²) in [6.45, 7) is 10.6. The van der Waals surface area contributed by atoms with Gasteiger partial charge in [0.15, 0.2) is 0 Å². The summed E-state index contributed by atoms with van der Waals surface area (Å²) in [7, 11) is 0. The van der Waals surface area contributed by atoms with Crippen molar-refractivity contribution in [2.45, 2.75) is 40.0 Å². The smallest absolute Gasteiger partial charge is 0.0163 e. The van der Waals surface area contributed by atoms with E-state index in [1.807, 2.05) is 26.1 Å². The first kappa shape index (κ1) is 16.0. The zero-order valence-electron chi connectivity index (χ0n) is 12.0. The molecule has 0 unspecified atom stereocenters. The Morgan fingerprint density at radius 3 is 2.42 bits per heavy atom. The van der Waals surface area contributed by atoms with Gasteiger partial charge in [-0.2, -0.15) is 0 Å². The summed E-state index contributed by atoms with van der Waals surface area (Å²) in [4.78, 5) is 8.91. The molecule has 2 aromatic rings. The molecule has 0 spiro atoms. The van der Waals surface area contributed by atoms with Gasteiger partial charge in [0.25, 0.3) is 0 Å². The third-order valence-electron chi connectivity index (χ3n) is 3.01. The first-order chi connectivity index (χ1) is 8.38. The van der Waals surface area contributed by atoms with Crippen molar-refractivity contribution in [3.63, 3.8) is 0 Å². The van der Waals surface area contributed by atoms with Gasteiger partial charge in [0.2, 0.25) is 0 Å². The van der Waals surface area contributed by atoms with Crippen molar-refractivity contribution >= 4 is 0 Å². The number of hydrogen-bond acceptors (Lipinski definition) is 2. The molecular formula is C16H19IrN2-. The molecule has 0 aliphatic carbocycles. The van der Waals surface area contributed by atoms with Crippen LogP contribution in [0.5, 0.6) is 0 Å². The number of aromatic nitrogens is 2. The summed E-state index contributed by atoms with van der Waals surface area (Å²) in [5.41, 5.74) is 5.32. The van der Waals surface area contributed by atoms with E-state index in [2.05, 4.69) is 48.9 Å². The Hall–Kier alpha value is -1.05. The van der Waals surface area contributed by atoms with Crippen LogP contribution >= 0.6 is 0 Å². The third-order valence-corrected chi connectivity index (χ3v) is 3.01. The minimum Gasteiger partial charge on any atom is -0.354 e. The van der Waals surface area contributed by atoms with Crippen molar-refractivity contribution in [2.75, 3.05) is 0 Å². The Bertz CT molecular complexity index is 571. The Morgan fingerprint density at radius 2 is 1.84 bits per heavy atom. The number of pyridine rings is 2. The minimum atomic E-state index is 0. The van der Waals surface area contributed by atoms with E-state index in [9.17, 15) is 0 Å². The molecule has 0 fully saturated rings. The van der Waals surface area contributed by atoms with Crippen LogP contribution in [0.15, 0.2) is 24.4 Å². The van der Waals surface area contributed by atoms with Gasteiger partial charge in [-0.1, -0.05) is 40.7 Å². The normalized spacial score (nSPS) is 11.0. The SMILES string of the molecule is Cc1c[c-]c(-c2cc(C(C)(C)C)ccn2)c(C)n1.[Ir]. The van der Waals surface area contributed by atoms with E-state index in [1.54, 1.807) is 0 Å². The molecule has 0 aliphatic heterocycles. The van der Waals surface area contributed by atoms with E-state index in [1.165, 1.54) is 5.56 Å². The van der Waals surface area contributed by atoms with Crippen molar-refractivity contribution in [1.82, 2.24) is 9.97 Å². The molecule has 2 rings (SSSR count). The summed E-state index contributed by atoms with van der Waals surface area (Å²) < 4.78 is 0. The minimum absolute atomic E-state index is 0. The molecule has 3 heteroatoms. The summed E-state index contributed by atoms with van der Waals surface area (Å²) in [5.74, 6) is 0. The van der Waals surface area contributed by atoms with Crippen molar-refractivity contribution < 1.29 is 20.1 Å². The zero-order chi connectivity index (χ0) is 13.3. The van der Waals surface area contributed by atoms with Crippen LogP contribution in [0.4, 0.5) is 0 Å². The Morgan fingerprint density at radius 1 is 1.16 bits per heavy atom. The molecule has 19 heavy (non-hydrogen) atoms. The van der Waals surface area contributed by atoms with Crippen LogP contribution in [-0.2, 0) is 25.5 Å². The molecule has 2 nitrogen and oxygen atoms in total. The average molecular weight is 432 g/mol. The number of hydrogen-bond donors (Lipinski definition) is 0. The van der Waals surface area contributed by atoms with Gasteiger partial charge in [0.05, 0.1) is 0 Å². The van der Waals surface area contributed by atoms with Crippen molar-refractivity contribution in [3.8, 4) is 11.3 Å². The molecule has 0 saturated carbocycles. The van der Waals surface area contributed by atoms with Crippen molar-refractivity contribution in [2.24, 2.45) is 0 Å². The van der Waals surface area contributed by atoms with E-state index < -0.39 is 0 Å². The van der Waals surface area contributed by atoms with Gasteiger partial charge in [0, 0.05) is 26.3 Å². The van der Waals surface area contributed by atoms with Crippen LogP contribution in [0.3, 0.4) is 0 Å². The Kier molecular flexibility index (Phi) is 5.00. The maximum absolute atomic E-state index is 4.47. The zero-order valence-corrected chi connectivity index (χ0v) is 14.4. The third kappa shape index (κ3) is 3.71.